The first-order chi connectivity index (χ1) is 7.98. The van der Waals surface area contributed by atoms with Crippen molar-refractivity contribution in [2.24, 2.45) is 5.73 Å². The van der Waals surface area contributed by atoms with Crippen LogP contribution in [0.3, 0.4) is 0 Å². The molecule has 1 rings (SSSR count). The number of hydrogen-bond donors (Lipinski definition) is 1. The number of ether oxygens (including phenoxy) is 1. The molecule has 0 aromatic rings. The molecule has 3 nitrogen and oxygen atoms in total. The van der Waals surface area contributed by atoms with Crippen LogP contribution in [-0.2, 0) is 4.74 Å². The molecular weight excluding hydrogens is 232 g/mol. The standard InChI is InChI=1S/C13H28N2OS/c1-5-17-7-6-12(8-14)15-9-11(2)16-13(3,4)10-15/h11-12H,5-10,14H2,1-4H3. The van der Waals surface area contributed by atoms with E-state index >= 15 is 0 Å². The molecule has 0 radical (unpaired) electrons. The third kappa shape index (κ3) is 5.16. The second kappa shape index (κ2) is 6.98. The van der Waals surface area contributed by atoms with E-state index in [1.54, 1.807) is 0 Å². The summed E-state index contributed by atoms with van der Waals surface area (Å²) in [6, 6.07) is 0.514. The largest absolute Gasteiger partial charge is 0.370 e. The highest BCUT2D eigenvalue weighted by Gasteiger charge is 2.33. The lowest BCUT2D eigenvalue weighted by molar-refractivity contribution is -0.137. The molecule has 1 fully saturated rings. The van der Waals surface area contributed by atoms with Crippen LogP contribution in [0.5, 0.6) is 0 Å². The zero-order chi connectivity index (χ0) is 12.9. The maximum Gasteiger partial charge on any atom is 0.0757 e. The molecule has 4 heteroatoms. The van der Waals surface area contributed by atoms with Crippen molar-refractivity contribution in [3.8, 4) is 0 Å². The van der Waals surface area contributed by atoms with Crippen LogP contribution in [0.1, 0.15) is 34.1 Å². The normalized spacial score (nSPS) is 27.0. The SMILES string of the molecule is CCSCCC(CN)N1CC(C)OC(C)(C)C1. The highest BCUT2D eigenvalue weighted by atomic mass is 32.2. The lowest BCUT2D eigenvalue weighted by Gasteiger charge is -2.45. The summed E-state index contributed by atoms with van der Waals surface area (Å²) in [5.41, 5.74) is 5.89. The Balaban J connectivity index is 2.49. The van der Waals surface area contributed by atoms with Crippen molar-refractivity contribution in [1.82, 2.24) is 4.90 Å². The van der Waals surface area contributed by atoms with Crippen molar-refractivity contribution in [1.29, 1.82) is 0 Å². The Hall–Kier alpha value is 0.230. The van der Waals surface area contributed by atoms with Crippen molar-refractivity contribution in [2.75, 3.05) is 31.1 Å². The van der Waals surface area contributed by atoms with Crippen LogP contribution in [0.4, 0.5) is 0 Å². The van der Waals surface area contributed by atoms with Gasteiger partial charge in [-0.1, -0.05) is 6.92 Å². The third-order valence-corrected chi connectivity index (χ3v) is 4.12. The second-order valence-electron chi connectivity index (χ2n) is 5.49. The Kier molecular flexibility index (Phi) is 6.27. The Morgan fingerprint density at radius 1 is 1.53 bits per heavy atom. The molecule has 2 N–H and O–H groups in total. The molecule has 0 bridgehead atoms. The summed E-state index contributed by atoms with van der Waals surface area (Å²) >= 11 is 2.00. The second-order valence-corrected chi connectivity index (χ2v) is 6.89. The molecule has 1 heterocycles. The van der Waals surface area contributed by atoms with Crippen LogP contribution in [0.2, 0.25) is 0 Å². The molecular formula is C13H28N2OS. The molecule has 1 aliphatic rings. The first-order valence-electron chi connectivity index (χ1n) is 6.68. The molecule has 102 valence electrons. The van der Waals surface area contributed by atoms with E-state index < -0.39 is 0 Å². The first kappa shape index (κ1) is 15.3. The molecule has 1 saturated heterocycles. The van der Waals surface area contributed by atoms with Gasteiger partial charge in [-0.05, 0) is 38.7 Å². The van der Waals surface area contributed by atoms with E-state index in [1.807, 2.05) is 11.8 Å². The molecule has 0 aromatic carbocycles. The fourth-order valence-corrected chi connectivity index (χ4v) is 3.32. The number of hydrogen-bond acceptors (Lipinski definition) is 4. The van der Waals surface area contributed by atoms with Gasteiger partial charge in [0.2, 0.25) is 0 Å². The van der Waals surface area contributed by atoms with Crippen LogP contribution in [0.25, 0.3) is 0 Å². The van der Waals surface area contributed by atoms with E-state index in [-0.39, 0.29) is 5.60 Å². The molecule has 0 spiro atoms. The van der Waals surface area contributed by atoms with E-state index in [1.165, 1.54) is 17.9 Å². The van der Waals surface area contributed by atoms with Crippen LogP contribution < -0.4 is 5.73 Å². The highest BCUT2D eigenvalue weighted by molar-refractivity contribution is 7.99. The predicted octanol–water partition coefficient (Wildman–Crippen LogP) is 1.96. The van der Waals surface area contributed by atoms with Gasteiger partial charge < -0.3 is 10.5 Å². The van der Waals surface area contributed by atoms with E-state index in [9.17, 15) is 0 Å². The summed E-state index contributed by atoms with van der Waals surface area (Å²) in [4.78, 5) is 2.52. The average molecular weight is 260 g/mol. The van der Waals surface area contributed by atoms with Gasteiger partial charge in [-0.2, -0.15) is 11.8 Å². The summed E-state index contributed by atoms with van der Waals surface area (Å²) in [5.74, 6) is 2.41. The van der Waals surface area contributed by atoms with Crippen LogP contribution in [0.15, 0.2) is 0 Å². The summed E-state index contributed by atoms with van der Waals surface area (Å²) in [7, 11) is 0. The number of thioether (sulfide) groups is 1. The Labute approximate surface area is 110 Å². The summed E-state index contributed by atoms with van der Waals surface area (Å²) in [6.07, 6.45) is 1.50. The Morgan fingerprint density at radius 3 is 2.76 bits per heavy atom. The van der Waals surface area contributed by atoms with Crippen molar-refractivity contribution in [3.05, 3.63) is 0 Å². The fourth-order valence-electron chi connectivity index (χ4n) is 2.59. The molecule has 0 saturated carbocycles. The maximum absolute atomic E-state index is 5.94. The number of nitrogens with zero attached hydrogens (tertiary/aromatic N) is 1. The summed E-state index contributed by atoms with van der Waals surface area (Å²) in [6.45, 7) is 11.5. The van der Waals surface area contributed by atoms with Crippen molar-refractivity contribution in [2.45, 2.75) is 51.9 Å². The van der Waals surface area contributed by atoms with E-state index in [2.05, 4.69) is 32.6 Å². The molecule has 17 heavy (non-hydrogen) atoms. The van der Waals surface area contributed by atoms with Gasteiger partial charge in [-0.15, -0.1) is 0 Å². The fraction of sp³-hybridized carbons (Fsp3) is 1.00. The molecule has 1 aliphatic heterocycles. The predicted molar refractivity (Wildman–Crippen MR) is 76.7 cm³/mol. The van der Waals surface area contributed by atoms with Gasteiger partial charge >= 0.3 is 0 Å². The zero-order valence-electron chi connectivity index (χ0n) is 11.7. The minimum Gasteiger partial charge on any atom is -0.370 e. The van der Waals surface area contributed by atoms with Gasteiger partial charge in [0, 0.05) is 25.7 Å². The average Bonchev–Trinajstić information content (AvgIpc) is 2.21. The zero-order valence-corrected chi connectivity index (χ0v) is 12.6. The molecule has 2 unspecified atom stereocenters. The van der Waals surface area contributed by atoms with E-state index in [0.717, 1.165) is 19.6 Å². The van der Waals surface area contributed by atoms with Crippen molar-refractivity contribution < 1.29 is 4.74 Å². The van der Waals surface area contributed by atoms with Crippen LogP contribution in [0, 0.1) is 0 Å². The van der Waals surface area contributed by atoms with Gasteiger partial charge in [0.25, 0.3) is 0 Å². The third-order valence-electron chi connectivity index (χ3n) is 3.18. The molecule has 2 atom stereocenters. The summed E-state index contributed by atoms with van der Waals surface area (Å²) in [5, 5.41) is 0. The minimum absolute atomic E-state index is 0.0387. The first-order valence-corrected chi connectivity index (χ1v) is 7.83. The molecule has 0 aliphatic carbocycles. The van der Waals surface area contributed by atoms with Crippen LogP contribution >= 0.6 is 11.8 Å². The lowest BCUT2D eigenvalue weighted by Crippen LogP contribution is -2.56. The van der Waals surface area contributed by atoms with Gasteiger partial charge in [0.15, 0.2) is 0 Å². The van der Waals surface area contributed by atoms with E-state index in [0.29, 0.717) is 12.1 Å². The molecule has 0 amide bonds. The number of rotatable bonds is 6. The van der Waals surface area contributed by atoms with Gasteiger partial charge in [0.1, 0.15) is 0 Å². The Bertz CT molecular complexity index is 223. The highest BCUT2D eigenvalue weighted by Crippen LogP contribution is 2.23. The quantitative estimate of drug-likeness (QED) is 0.741. The van der Waals surface area contributed by atoms with Crippen molar-refractivity contribution in [3.63, 3.8) is 0 Å². The van der Waals surface area contributed by atoms with Crippen molar-refractivity contribution >= 4 is 11.8 Å². The smallest absolute Gasteiger partial charge is 0.0757 e. The number of morpholine rings is 1. The van der Waals surface area contributed by atoms with Gasteiger partial charge in [-0.3, -0.25) is 4.90 Å². The lowest BCUT2D eigenvalue weighted by atomic mass is 10.0. The van der Waals surface area contributed by atoms with Crippen LogP contribution in [-0.4, -0.2) is 53.8 Å². The molecule has 0 aromatic heterocycles. The monoisotopic (exact) mass is 260 g/mol. The minimum atomic E-state index is -0.0387. The van der Waals surface area contributed by atoms with Gasteiger partial charge in [0.05, 0.1) is 11.7 Å². The maximum atomic E-state index is 5.94. The number of nitrogens with two attached hydrogens (primary N) is 1. The van der Waals surface area contributed by atoms with E-state index in [4.69, 9.17) is 10.5 Å². The Morgan fingerprint density at radius 2 is 2.24 bits per heavy atom. The topological polar surface area (TPSA) is 38.5 Å². The van der Waals surface area contributed by atoms with Gasteiger partial charge in [-0.25, -0.2) is 0 Å². The summed E-state index contributed by atoms with van der Waals surface area (Å²) < 4.78 is 5.94.